The fourth-order valence-corrected chi connectivity index (χ4v) is 2.55. The molecule has 0 bridgehead atoms. The molecule has 0 unspecified atom stereocenters. The van der Waals surface area contributed by atoms with Crippen molar-refractivity contribution in [3.05, 3.63) is 75.8 Å². The van der Waals surface area contributed by atoms with Gasteiger partial charge in [-0.2, -0.15) is 0 Å². The minimum absolute atomic E-state index is 0.193. The first-order chi connectivity index (χ1) is 10.6. The first-order valence-electron chi connectivity index (χ1n) is 6.48. The molecule has 3 aromatic rings. The van der Waals surface area contributed by atoms with Crippen LogP contribution in [0.5, 0.6) is 0 Å². The van der Waals surface area contributed by atoms with Gasteiger partial charge in [0, 0.05) is 10.6 Å². The minimum Gasteiger partial charge on any atom is -0.477 e. The summed E-state index contributed by atoms with van der Waals surface area (Å²) in [5.41, 5.74) is 0.546. The van der Waals surface area contributed by atoms with Crippen molar-refractivity contribution in [2.24, 2.45) is 0 Å². The number of halogens is 1. The van der Waals surface area contributed by atoms with Crippen LogP contribution < -0.4 is 5.69 Å². The van der Waals surface area contributed by atoms with Crippen molar-refractivity contribution in [1.29, 1.82) is 0 Å². The molecule has 0 amide bonds. The summed E-state index contributed by atoms with van der Waals surface area (Å²) in [5, 5.41) is 9.75. The third-order valence-corrected chi connectivity index (χ3v) is 3.58. The minimum atomic E-state index is -1.22. The Kier molecular flexibility index (Phi) is 3.56. The number of carboxylic acids is 1. The monoisotopic (exact) mass is 314 g/mol. The van der Waals surface area contributed by atoms with E-state index in [1.807, 2.05) is 6.07 Å². The summed E-state index contributed by atoms with van der Waals surface area (Å²) in [5.74, 6) is -1.22. The summed E-state index contributed by atoms with van der Waals surface area (Å²) in [7, 11) is 0. The van der Waals surface area contributed by atoms with E-state index in [1.54, 1.807) is 48.5 Å². The Morgan fingerprint density at radius 2 is 1.68 bits per heavy atom. The van der Waals surface area contributed by atoms with E-state index in [-0.39, 0.29) is 11.4 Å². The average molecular weight is 315 g/mol. The molecule has 0 saturated carbocycles. The van der Waals surface area contributed by atoms with Crippen molar-refractivity contribution in [2.45, 2.75) is 0 Å². The lowest BCUT2D eigenvalue weighted by atomic mass is 10.1. The van der Waals surface area contributed by atoms with Gasteiger partial charge in [-0.25, -0.2) is 9.59 Å². The summed E-state index contributed by atoms with van der Waals surface area (Å²) >= 11 is 6.18. The molecule has 0 saturated heterocycles. The second-order valence-corrected chi connectivity index (χ2v) is 5.02. The molecule has 0 atom stereocenters. The summed E-state index contributed by atoms with van der Waals surface area (Å²) in [4.78, 5) is 26.1. The molecule has 110 valence electrons. The van der Waals surface area contributed by atoms with Crippen LogP contribution in [0.4, 0.5) is 0 Å². The Balaban J connectivity index is 2.39. The predicted molar refractivity (Wildman–Crippen MR) is 83.8 cm³/mol. The molecule has 0 fully saturated rings. The van der Waals surface area contributed by atoms with Crippen LogP contribution >= 0.6 is 11.6 Å². The molecular weight excluding hydrogens is 304 g/mol. The summed E-state index contributed by atoms with van der Waals surface area (Å²) < 4.78 is 1.31. The number of aromatic amines is 1. The summed E-state index contributed by atoms with van der Waals surface area (Å²) in [6.45, 7) is 0. The van der Waals surface area contributed by atoms with Gasteiger partial charge in [-0.05, 0) is 18.2 Å². The van der Waals surface area contributed by atoms with E-state index in [1.165, 1.54) is 4.57 Å². The normalized spacial score (nSPS) is 10.6. The molecule has 3 rings (SSSR count). The number of imidazole rings is 1. The average Bonchev–Trinajstić information content (AvgIpc) is 2.86. The zero-order valence-corrected chi connectivity index (χ0v) is 12.0. The van der Waals surface area contributed by atoms with Gasteiger partial charge in [-0.3, -0.25) is 9.55 Å². The maximum atomic E-state index is 12.3. The third kappa shape index (κ3) is 2.31. The van der Waals surface area contributed by atoms with E-state index in [4.69, 9.17) is 11.6 Å². The van der Waals surface area contributed by atoms with E-state index < -0.39 is 11.7 Å². The molecule has 0 aliphatic carbocycles. The van der Waals surface area contributed by atoms with E-state index >= 15 is 0 Å². The van der Waals surface area contributed by atoms with Crippen molar-refractivity contribution < 1.29 is 9.90 Å². The van der Waals surface area contributed by atoms with Crippen molar-refractivity contribution in [3.8, 4) is 16.9 Å². The van der Waals surface area contributed by atoms with Crippen molar-refractivity contribution >= 4 is 17.6 Å². The fourth-order valence-electron chi connectivity index (χ4n) is 2.32. The highest BCUT2D eigenvalue weighted by molar-refractivity contribution is 6.33. The Bertz CT molecular complexity index is 897. The lowest BCUT2D eigenvalue weighted by molar-refractivity contribution is 0.0692. The largest absolute Gasteiger partial charge is 0.477 e. The number of rotatable bonds is 3. The lowest BCUT2D eigenvalue weighted by Crippen LogP contribution is -2.15. The number of carboxylic acid groups (broad SMARTS) is 1. The number of hydrogen-bond donors (Lipinski definition) is 2. The van der Waals surface area contributed by atoms with Gasteiger partial charge in [-0.15, -0.1) is 0 Å². The molecule has 2 aromatic carbocycles. The zero-order chi connectivity index (χ0) is 15.7. The van der Waals surface area contributed by atoms with Crippen LogP contribution in [0.15, 0.2) is 59.4 Å². The molecule has 1 heterocycles. The number of carbonyl (C=O) groups is 1. The first-order valence-corrected chi connectivity index (χ1v) is 6.86. The first kappa shape index (κ1) is 14.2. The molecule has 0 spiro atoms. The van der Waals surface area contributed by atoms with Crippen LogP contribution in [0.3, 0.4) is 0 Å². The van der Waals surface area contributed by atoms with Crippen LogP contribution in [0.25, 0.3) is 16.9 Å². The van der Waals surface area contributed by atoms with E-state index in [0.29, 0.717) is 16.3 Å². The summed E-state index contributed by atoms with van der Waals surface area (Å²) in [6, 6.07) is 15.6. The molecule has 22 heavy (non-hydrogen) atoms. The number of benzene rings is 2. The smallest absolute Gasteiger partial charge is 0.354 e. The summed E-state index contributed by atoms with van der Waals surface area (Å²) in [6.07, 6.45) is 0. The van der Waals surface area contributed by atoms with Crippen molar-refractivity contribution in [1.82, 2.24) is 9.55 Å². The second kappa shape index (κ2) is 5.54. The highest BCUT2D eigenvalue weighted by Gasteiger charge is 2.23. The molecule has 0 aliphatic rings. The van der Waals surface area contributed by atoms with E-state index in [0.717, 1.165) is 0 Å². The van der Waals surface area contributed by atoms with Gasteiger partial charge in [0.15, 0.2) is 5.69 Å². The highest BCUT2D eigenvalue weighted by atomic mass is 35.5. The topological polar surface area (TPSA) is 75.1 Å². The predicted octanol–water partition coefficient (Wildman–Crippen LogP) is 3.18. The van der Waals surface area contributed by atoms with Crippen molar-refractivity contribution in [3.63, 3.8) is 0 Å². The number of hydrogen-bond acceptors (Lipinski definition) is 2. The van der Waals surface area contributed by atoms with Gasteiger partial charge in [0.1, 0.15) is 0 Å². The quantitative estimate of drug-likeness (QED) is 0.779. The molecule has 5 nitrogen and oxygen atoms in total. The fraction of sp³-hybridized carbons (Fsp3) is 0. The number of nitrogens with zero attached hydrogens (tertiary/aromatic N) is 1. The van der Waals surface area contributed by atoms with Gasteiger partial charge in [-0.1, -0.05) is 48.0 Å². The highest BCUT2D eigenvalue weighted by Crippen LogP contribution is 2.30. The van der Waals surface area contributed by atoms with Crippen molar-refractivity contribution in [2.75, 3.05) is 0 Å². The number of H-pyrrole nitrogens is 1. The Hall–Kier alpha value is -2.79. The number of aromatic nitrogens is 2. The standard InChI is InChI=1S/C16H11ClN2O3/c17-12-9-5-4-8-11(12)14-13(15(20)21)18-16(22)19(14)10-6-2-1-3-7-10/h1-9H,(H,18,22)(H,20,21). The van der Waals surface area contributed by atoms with Crippen LogP contribution in [0.1, 0.15) is 10.5 Å². The van der Waals surface area contributed by atoms with Gasteiger partial charge in [0.25, 0.3) is 0 Å². The molecule has 0 aliphatic heterocycles. The zero-order valence-electron chi connectivity index (χ0n) is 11.3. The Morgan fingerprint density at radius 3 is 2.32 bits per heavy atom. The maximum Gasteiger partial charge on any atom is 0.354 e. The van der Waals surface area contributed by atoms with Crippen LogP contribution in [-0.4, -0.2) is 20.6 Å². The van der Waals surface area contributed by atoms with Gasteiger partial charge < -0.3 is 5.11 Å². The number of nitrogens with one attached hydrogen (secondary N) is 1. The maximum absolute atomic E-state index is 12.3. The molecule has 1 aromatic heterocycles. The van der Waals surface area contributed by atoms with Gasteiger partial charge in [0.05, 0.1) is 11.4 Å². The lowest BCUT2D eigenvalue weighted by Gasteiger charge is -2.10. The second-order valence-electron chi connectivity index (χ2n) is 4.61. The van der Waals surface area contributed by atoms with Gasteiger partial charge in [0.2, 0.25) is 0 Å². The molecule has 2 N–H and O–H groups in total. The van der Waals surface area contributed by atoms with Crippen LogP contribution in [0, 0.1) is 0 Å². The van der Waals surface area contributed by atoms with Crippen LogP contribution in [0.2, 0.25) is 5.02 Å². The SMILES string of the molecule is O=C(O)c1[nH]c(=O)n(-c2ccccc2)c1-c1ccccc1Cl. The van der Waals surface area contributed by atoms with Crippen LogP contribution in [-0.2, 0) is 0 Å². The molecule has 6 heteroatoms. The Morgan fingerprint density at radius 1 is 1.05 bits per heavy atom. The Labute approximate surface area is 130 Å². The molecular formula is C16H11ClN2O3. The number of para-hydroxylation sites is 1. The third-order valence-electron chi connectivity index (χ3n) is 3.25. The molecule has 0 radical (unpaired) electrons. The van der Waals surface area contributed by atoms with E-state index in [9.17, 15) is 14.7 Å². The van der Waals surface area contributed by atoms with Gasteiger partial charge >= 0.3 is 11.7 Å². The van der Waals surface area contributed by atoms with E-state index in [2.05, 4.69) is 4.98 Å². The number of aromatic carboxylic acids is 1.